The molecule has 0 spiro atoms. The van der Waals surface area contributed by atoms with E-state index >= 15 is 0 Å². The average molecular weight is 1320 g/mol. The summed E-state index contributed by atoms with van der Waals surface area (Å²) < 4.78 is 36.5. The van der Waals surface area contributed by atoms with E-state index in [1.54, 1.807) is 0 Å². The van der Waals surface area contributed by atoms with E-state index in [-0.39, 0.29) is 131 Å². The van der Waals surface area contributed by atoms with Crippen molar-refractivity contribution in [3.63, 3.8) is 0 Å². The fraction of sp³-hybridized carbons (Fsp3) is 0.623. The van der Waals surface area contributed by atoms with Crippen LogP contribution in [0.3, 0.4) is 0 Å². The number of likely N-dealkylation sites (tertiary alicyclic amines) is 1. The molecule has 94 heavy (non-hydrogen) atoms. The van der Waals surface area contributed by atoms with Crippen LogP contribution in [0.5, 0.6) is 0 Å². The number of nitrogens with zero attached hydrogens (tertiary/aromatic N) is 5. The average Bonchev–Trinajstić information content (AvgIpc) is 1.62. The molecule has 0 aromatic heterocycles. The van der Waals surface area contributed by atoms with Crippen molar-refractivity contribution in [1.82, 2.24) is 24.5 Å². The maximum Gasteiger partial charge on any atom is 1.00 e. The van der Waals surface area contributed by atoms with E-state index in [4.69, 9.17) is 33.9 Å². The molecule has 8 bridgehead atoms. The molecule has 4 N–H and O–H groups in total. The van der Waals surface area contributed by atoms with Crippen molar-refractivity contribution in [2.24, 2.45) is 47.3 Å². The van der Waals surface area contributed by atoms with Crippen molar-refractivity contribution in [2.75, 3.05) is 86.8 Å². The number of carboxylic acid groups (broad SMARTS) is 2. The van der Waals surface area contributed by atoms with Gasteiger partial charge in [0, 0.05) is 79.1 Å². The van der Waals surface area contributed by atoms with E-state index < -0.39 is 47.5 Å². The summed E-state index contributed by atoms with van der Waals surface area (Å²) in [5.41, 5.74) is 4.01. The van der Waals surface area contributed by atoms with Gasteiger partial charge in [-0.15, -0.1) is 0 Å². The molecule has 2 amide bonds. The second-order valence-corrected chi connectivity index (χ2v) is 25.8. The van der Waals surface area contributed by atoms with Crippen LogP contribution < -0.4 is 29.6 Å². The van der Waals surface area contributed by atoms with Gasteiger partial charge < -0.3 is 63.8 Å². The molecule has 12 heterocycles. The number of methoxy groups -OCH3 is 2. The molecule has 25 heteroatoms. The van der Waals surface area contributed by atoms with Gasteiger partial charge in [-0.05, 0) is 94.0 Å². The number of aliphatic carboxylic acids is 2. The van der Waals surface area contributed by atoms with Crippen LogP contribution in [-0.2, 0) is 91.1 Å². The number of cyclic esters (lactones) is 2. The van der Waals surface area contributed by atoms with Crippen LogP contribution in [0.25, 0.3) is 0 Å². The number of piperidine rings is 1. The van der Waals surface area contributed by atoms with Crippen LogP contribution in [0.1, 0.15) is 87.3 Å². The van der Waals surface area contributed by atoms with Crippen LogP contribution in [0.15, 0.2) is 91.0 Å². The van der Waals surface area contributed by atoms with Crippen LogP contribution in [0.2, 0.25) is 0 Å². The molecule has 16 unspecified atom stereocenters. The number of carbonyl (C=O) groups excluding carboxylic acids is 6. The standard InChI is InChI=1S/C20H26N2O4.C19H24N2O4.C12H17N.C9H12O5.C8H8O4.CH4O.Na.H2O/c1-25-20(24)18-16-8-7-15(26-16)17(18)19(23)22-11-9-21(10-12-22)13-14-5-3-2-4-6-14;22-18(16-14-6-7-15(25-14)17(16)19(23)24)21-10-8-20(9-11-21)12-13-4-2-1-3-5-13;1-3-7-12(8-4-1)11-13-9-5-2-6-10-13;1-13-9(12)7-5-3-2-4(14-5)6(7)8(10)11;9-7-5-3-1-2-4(11-3)6(5)8(10)12-7;1-2;;/h2-6,15-18H,7-13H2,1H3;1-5,14-17H,6-12H2,(H,23,24);1,3-4,7-8H,2,5-6,9-11H2;4-7H,2-3H2,1H3,(H,10,11);3-6H,1-2H2;2H,1H3;;1H2/q;;;;;;+1;/p-1. The van der Waals surface area contributed by atoms with Crippen molar-refractivity contribution < 1.29 is 122 Å². The molecule has 0 saturated carbocycles. The Morgan fingerprint density at radius 3 is 1.02 bits per heavy atom. The molecule has 16 atom stereocenters. The Bertz CT molecular complexity index is 2960. The first kappa shape index (κ1) is 74.1. The fourth-order valence-electron chi connectivity index (χ4n) is 16.0. The zero-order valence-electron chi connectivity index (χ0n) is 54.5. The summed E-state index contributed by atoms with van der Waals surface area (Å²) in [7, 11) is 3.66. The molecule has 12 saturated heterocycles. The number of amides is 2. The number of fused-ring (bicyclic) bond motifs is 11. The third-order valence-corrected chi connectivity index (χ3v) is 20.5. The third kappa shape index (κ3) is 17.3. The van der Waals surface area contributed by atoms with E-state index in [0.29, 0.717) is 26.2 Å². The van der Waals surface area contributed by atoms with Crippen LogP contribution in [-0.4, -0.2) is 229 Å². The quantitative estimate of drug-likeness (QED) is 0.100. The second kappa shape index (κ2) is 35.0. The van der Waals surface area contributed by atoms with Crippen molar-refractivity contribution in [1.29, 1.82) is 0 Å². The number of carbonyl (C=O) groups is 8. The molecule has 3 aromatic carbocycles. The summed E-state index contributed by atoms with van der Waals surface area (Å²) in [6.07, 6.45) is 9.33. The number of hydrogen-bond acceptors (Lipinski definition) is 20. The Morgan fingerprint density at radius 2 is 0.681 bits per heavy atom. The van der Waals surface area contributed by atoms with Gasteiger partial charge in [-0.1, -0.05) is 97.4 Å². The molecule has 0 radical (unpaired) electrons. The number of rotatable bonds is 12. The minimum Gasteiger partial charge on any atom is -0.870 e. The van der Waals surface area contributed by atoms with Gasteiger partial charge in [0.2, 0.25) is 11.8 Å². The fourth-order valence-corrected chi connectivity index (χ4v) is 16.0. The molecular formula is C69H92N5NaO19. The van der Waals surface area contributed by atoms with Crippen LogP contribution >= 0.6 is 0 Å². The minimum atomic E-state index is -0.965. The summed E-state index contributed by atoms with van der Waals surface area (Å²) in [4.78, 5) is 105. The van der Waals surface area contributed by atoms with E-state index in [9.17, 15) is 43.5 Å². The Balaban J connectivity index is 0.000000154. The Kier molecular flexibility index (Phi) is 27.6. The van der Waals surface area contributed by atoms with Crippen molar-refractivity contribution in [2.45, 2.75) is 139 Å². The smallest absolute Gasteiger partial charge is 0.870 e. The number of aliphatic hydroxyl groups excluding tert-OH is 1. The molecule has 12 aliphatic rings. The van der Waals surface area contributed by atoms with Gasteiger partial charge in [0.05, 0.1) is 110 Å². The first-order valence-electron chi connectivity index (χ1n) is 33.0. The van der Waals surface area contributed by atoms with Crippen LogP contribution in [0, 0.1) is 47.3 Å². The Labute approximate surface area is 571 Å². The maximum absolute atomic E-state index is 13.1. The van der Waals surface area contributed by atoms with E-state index in [2.05, 4.69) is 90.9 Å². The zero-order chi connectivity index (χ0) is 65.0. The monoisotopic (exact) mass is 1320 g/mol. The number of benzene rings is 3. The summed E-state index contributed by atoms with van der Waals surface area (Å²) in [5, 5.41) is 25.5. The van der Waals surface area contributed by atoms with Crippen molar-refractivity contribution in [3.05, 3.63) is 108 Å². The number of hydrogen-bond donors (Lipinski definition) is 3. The van der Waals surface area contributed by atoms with Gasteiger partial charge in [-0.3, -0.25) is 53.1 Å². The van der Waals surface area contributed by atoms with Gasteiger partial charge in [-0.2, -0.15) is 0 Å². The predicted octanol–water partition coefficient (Wildman–Crippen LogP) is 1.52. The number of ether oxygens (including phenoxy) is 7. The molecule has 15 rings (SSSR count). The molecule has 0 aliphatic carbocycles. The van der Waals surface area contributed by atoms with E-state index in [1.165, 1.54) is 63.3 Å². The molecule has 24 nitrogen and oxygen atoms in total. The number of esters is 4. The van der Waals surface area contributed by atoms with Gasteiger partial charge >= 0.3 is 65.4 Å². The van der Waals surface area contributed by atoms with E-state index in [1.807, 2.05) is 34.1 Å². The summed E-state index contributed by atoms with van der Waals surface area (Å²) >= 11 is 0. The number of carboxylic acids is 2. The molecule has 3 aromatic rings. The molecule has 508 valence electrons. The number of piperazine rings is 2. The predicted molar refractivity (Wildman–Crippen MR) is 332 cm³/mol. The maximum atomic E-state index is 13.1. The first-order valence-corrected chi connectivity index (χ1v) is 33.0. The van der Waals surface area contributed by atoms with Crippen molar-refractivity contribution >= 4 is 47.6 Å². The normalized spacial score (nSPS) is 32.1. The Hall–Kier alpha value is -5.74. The van der Waals surface area contributed by atoms with Crippen molar-refractivity contribution in [3.8, 4) is 0 Å². The zero-order valence-corrected chi connectivity index (χ0v) is 56.5. The van der Waals surface area contributed by atoms with Gasteiger partial charge in [0.25, 0.3) is 0 Å². The van der Waals surface area contributed by atoms with Gasteiger partial charge in [-0.25, -0.2) is 0 Å². The molecular weight excluding hydrogens is 1230 g/mol. The van der Waals surface area contributed by atoms with Gasteiger partial charge in [0.15, 0.2) is 0 Å². The topological polar surface area (TPSA) is 308 Å². The van der Waals surface area contributed by atoms with Crippen LogP contribution in [0.4, 0.5) is 0 Å². The minimum absolute atomic E-state index is 0. The summed E-state index contributed by atoms with van der Waals surface area (Å²) in [6.45, 7) is 11.6. The molecule has 12 fully saturated rings. The first-order chi connectivity index (χ1) is 44.7. The third-order valence-electron chi connectivity index (χ3n) is 20.5. The summed E-state index contributed by atoms with van der Waals surface area (Å²) in [5.74, 6) is -7.24. The Morgan fingerprint density at radius 1 is 0.404 bits per heavy atom. The SMILES string of the molecule is CO.COC(=O)C1C2CCC(O2)C1C(=O)N1CCN(Cc2ccccc2)CC1.COC(=O)C1C2CCC(O2)C1C(=O)O.O=C(O)C1C2CCC(O2)C1C(=O)N1CCN(Cc2ccccc2)CC1.O=C1OC(=O)C2C3CCC(O3)C12.[Na+].[OH-].c1ccc(CN2CCCCC2)cc1. The number of aliphatic hydroxyl groups is 1. The molecule has 12 aliphatic heterocycles. The summed E-state index contributed by atoms with van der Waals surface area (Å²) in [6, 6.07) is 31.5. The van der Waals surface area contributed by atoms with E-state index in [0.717, 1.165) is 104 Å². The largest absolute Gasteiger partial charge is 1.00 e. The second-order valence-electron chi connectivity index (χ2n) is 25.8. The van der Waals surface area contributed by atoms with Gasteiger partial charge in [0.1, 0.15) is 0 Å².